The number of nitrogens with one attached hydrogen (secondary N) is 1. The quantitative estimate of drug-likeness (QED) is 0.540. The Morgan fingerprint density at radius 1 is 1.18 bits per heavy atom. The lowest BCUT2D eigenvalue weighted by Gasteiger charge is -2.24. The molecule has 0 radical (unpaired) electrons. The first-order valence-electron chi connectivity index (χ1n) is 11.7. The Kier molecular flexibility index (Phi) is 6.88. The van der Waals surface area contributed by atoms with Crippen LogP contribution in [0.4, 0.5) is 5.95 Å². The van der Waals surface area contributed by atoms with Crippen LogP contribution in [0, 0.1) is 0 Å². The van der Waals surface area contributed by atoms with Gasteiger partial charge in [-0.05, 0) is 37.0 Å². The molecule has 9 nitrogen and oxygen atoms in total. The third kappa shape index (κ3) is 4.83. The Hall–Kier alpha value is -3.07. The molecule has 0 aliphatic heterocycles. The molecule has 2 heterocycles. The van der Waals surface area contributed by atoms with E-state index >= 15 is 0 Å². The highest BCUT2D eigenvalue weighted by atomic mass is 16.5. The van der Waals surface area contributed by atoms with Crippen molar-refractivity contribution in [3.05, 3.63) is 50.7 Å². The van der Waals surface area contributed by atoms with Crippen LogP contribution in [0.1, 0.15) is 44.6 Å². The molecule has 4 rings (SSSR count). The van der Waals surface area contributed by atoms with Gasteiger partial charge in [-0.15, -0.1) is 0 Å². The molecule has 0 amide bonds. The molecule has 1 fully saturated rings. The number of benzene rings is 1. The normalized spacial score (nSPS) is 15.6. The van der Waals surface area contributed by atoms with E-state index in [4.69, 9.17) is 4.74 Å². The van der Waals surface area contributed by atoms with Crippen molar-refractivity contribution in [1.29, 1.82) is 0 Å². The second kappa shape index (κ2) is 9.82. The number of aliphatic hydroxyl groups excluding tert-OH is 1. The molecule has 0 saturated heterocycles. The molecular weight excluding hydrogens is 422 g/mol. The standard InChI is InChI=1S/C24H33N5O4/c1-4-16-9-8-12-19(13-16)33-15-18(30)14-29-20-21(27(2)24(32)28(3)22(20)31)26-23(29)25-17-10-6-5-7-11-17/h8-9,12-13,17-18,30H,4-7,10-11,14-15H2,1-3H3,(H,25,26)/t18-/m1/s1. The third-order valence-electron chi connectivity index (χ3n) is 6.43. The van der Waals surface area contributed by atoms with Gasteiger partial charge in [0.1, 0.15) is 18.5 Å². The molecule has 0 spiro atoms. The number of rotatable bonds is 8. The highest BCUT2D eigenvalue weighted by molar-refractivity contribution is 5.74. The summed E-state index contributed by atoms with van der Waals surface area (Å²) >= 11 is 0. The molecule has 1 aliphatic carbocycles. The van der Waals surface area contributed by atoms with Crippen LogP contribution in [0.5, 0.6) is 5.75 Å². The van der Waals surface area contributed by atoms with E-state index in [0.29, 0.717) is 22.9 Å². The second-order valence-corrected chi connectivity index (χ2v) is 8.87. The van der Waals surface area contributed by atoms with E-state index in [-0.39, 0.29) is 19.2 Å². The first-order valence-corrected chi connectivity index (χ1v) is 11.7. The van der Waals surface area contributed by atoms with Crippen LogP contribution in [0.2, 0.25) is 0 Å². The predicted octanol–water partition coefficient (Wildman–Crippen LogP) is 2.18. The maximum absolute atomic E-state index is 13.0. The zero-order valence-electron chi connectivity index (χ0n) is 19.6. The van der Waals surface area contributed by atoms with Crippen LogP contribution in [0.25, 0.3) is 11.2 Å². The molecule has 0 unspecified atom stereocenters. The Morgan fingerprint density at radius 2 is 1.94 bits per heavy atom. The third-order valence-corrected chi connectivity index (χ3v) is 6.43. The summed E-state index contributed by atoms with van der Waals surface area (Å²) in [7, 11) is 3.06. The minimum atomic E-state index is -0.874. The van der Waals surface area contributed by atoms with Gasteiger partial charge in [0.2, 0.25) is 5.95 Å². The number of hydrogen-bond donors (Lipinski definition) is 2. The summed E-state index contributed by atoms with van der Waals surface area (Å²) < 4.78 is 9.96. The Morgan fingerprint density at radius 3 is 2.67 bits per heavy atom. The fourth-order valence-electron chi connectivity index (χ4n) is 4.48. The number of imidazole rings is 1. The van der Waals surface area contributed by atoms with E-state index in [2.05, 4.69) is 17.2 Å². The topological polar surface area (TPSA) is 103 Å². The first kappa shape index (κ1) is 23.1. The summed E-state index contributed by atoms with van der Waals surface area (Å²) in [5.74, 6) is 1.20. The number of nitrogens with zero attached hydrogens (tertiary/aromatic N) is 4. The Bertz CT molecular complexity index is 1240. The average Bonchev–Trinajstić information content (AvgIpc) is 3.18. The molecule has 3 aromatic rings. The van der Waals surface area contributed by atoms with Crippen molar-refractivity contribution in [3.63, 3.8) is 0 Å². The molecule has 1 aromatic carbocycles. The van der Waals surface area contributed by atoms with Crippen LogP contribution in [-0.2, 0) is 27.1 Å². The maximum Gasteiger partial charge on any atom is 0.332 e. The summed E-state index contributed by atoms with van der Waals surface area (Å²) in [4.78, 5) is 30.1. The van der Waals surface area contributed by atoms with Crippen molar-refractivity contribution >= 4 is 17.1 Å². The number of fused-ring (bicyclic) bond motifs is 1. The van der Waals surface area contributed by atoms with Gasteiger partial charge in [-0.1, -0.05) is 38.3 Å². The van der Waals surface area contributed by atoms with E-state index in [1.807, 2.05) is 24.3 Å². The van der Waals surface area contributed by atoms with E-state index < -0.39 is 17.4 Å². The molecule has 1 saturated carbocycles. The molecule has 33 heavy (non-hydrogen) atoms. The van der Waals surface area contributed by atoms with Crippen molar-refractivity contribution in [2.45, 2.75) is 64.1 Å². The number of ether oxygens (including phenoxy) is 1. The van der Waals surface area contributed by atoms with Gasteiger partial charge in [-0.25, -0.2) is 4.79 Å². The zero-order valence-corrected chi connectivity index (χ0v) is 19.6. The van der Waals surface area contributed by atoms with Gasteiger partial charge >= 0.3 is 5.69 Å². The Balaban J connectivity index is 1.64. The molecular formula is C24H33N5O4. The minimum Gasteiger partial charge on any atom is -0.491 e. The van der Waals surface area contributed by atoms with Crippen molar-refractivity contribution in [2.75, 3.05) is 11.9 Å². The average molecular weight is 456 g/mol. The van der Waals surface area contributed by atoms with Gasteiger partial charge in [-0.2, -0.15) is 4.98 Å². The summed E-state index contributed by atoms with van der Waals surface area (Å²) in [5, 5.41) is 14.3. The largest absolute Gasteiger partial charge is 0.491 e. The van der Waals surface area contributed by atoms with Crippen molar-refractivity contribution < 1.29 is 9.84 Å². The van der Waals surface area contributed by atoms with Gasteiger partial charge in [0.15, 0.2) is 11.2 Å². The molecule has 2 aromatic heterocycles. The predicted molar refractivity (Wildman–Crippen MR) is 128 cm³/mol. The lowest BCUT2D eigenvalue weighted by molar-refractivity contribution is 0.0937. The first-order chi connectivity index (χ1) is 15.9. The fraction of sp³-hybridized carbons (Fsp3) is 0.542. The zero-order chi connectivity index (χ0) is 23.5. The van der Waals surface area contributed by atoms with Gasteiger partial charge < -0.3 is 19.7 Å². The number of anilines is 1. The van der Waals surface area contributed by atoms with E-state index in [1.165, 1.54) is 18.0 Å². The number of aliphatic hydroxyl groups is 1. The molecule has 178 valence electrons. The van der Waals surface area contributed by atoms with Crippen LogP contribution in [-0.4, -0.2) is 42.5 Å². The van der Waals surface area contributed by atoms with E-state index in [1.54, 1.807) is 11.6 Å². The van der Waals surface area contributed by atoms with Crippen molar-refractivity contribution in [3.8, 4) is 5.75 Å². The van der Waals surface area contributed by atoms with E-state index in [9.17, 15) is 14.7 Å². The fourth-order valence-corrected chi connectivity index (χ4v) is 4.48. The number of aryl methyl sites for hydroxylation is 2. The molecule has 0 bridgehead atoms. The van der Waals surface area contributed by atoms with Gasteiger partial charge in [-0.3, -0.25) is 13.9 Å². The summed E-state index contributed by atoms with van der Waals surface area (Å²) in [6.45, 7) is 2.26. The van der Waals surface area contributed by atoms with Crippen LogP contribution < -0.4 is 21.3 Å². The molecule has 9 heteroatoms. The van der Waals surface area contributed by atoms with Crippen LogP contribution in [0.15, 0.2) is 33.9 Å². The number of hydrogen-bond acceptors (Lipinski definition) is 6. The number of aromatic nitrogens is 4. The SMILES string of the molecule is CCc1cccc(OC[C@H](O)Cn2c(NC3CCCCC3)nc3c2c(=O)n(C)c(=O)n3C)c1. The summed E-state index contributed by atoms with van der Waals surface area (Å²) in [5.41, 5.74) is 0.906. The smallest absolute Gasteiger partial charge is 0.332 e. The molecule has 1 aliphatic rings. The van der Waals surface area contributed by atoms with Crippen molar-refractivity contribution in [1.82, 2.24) is 18.7 Å². The summed E-state index contributed by atoms with van der Waals surface area (Å²) in [6, 6.07) is 8.03. The van der Waals surface area contributed by atoms with Crippen LogP contribution in [0.3, 0.4) is 0 Å². The lowest BCUT2D eigenvalue weighted by Crippen LogP contribution is -2.38. The van der Waals surface area contributed by atoms with Crippen molar-refractivity contribution in [2.24, 2.45) is 14.1 Å². The molecule has 2 N–H and O–H groups in total. The maximum atomic E-state index is 13.0. The highest BCUT2D eigenvalue weighted by Crippen LogP contribution is 2.24. The van der Waals surface area contributed by atoms with Gasteiger partial charge in [0.25, 0.3) is 5.56 Å². The van der Waals surface area contributed by atoms with E-state index in [0.717, 1.165) is 42.2 Å². The lowest BCUT2D eigenvalue weighted by atomic mass is 9.96. The Labute approximate surface area is 192 Å². The van der Waals surface area contributed by atoms with Crippen LogP contribution >= 0.6 is 0 Å². The van der Waals surface area contributed by atoms with Gasteiger partial charge in [0.05, 0.1) is 6.54 Å². The minimum absolute atomic E-state index is 0.0712. The monoisotopic (exact) mass is 455 g/mol. The highest BCUT2D eigenvalue weighted by Gasteiger charge is 2.23. The van der Waals surface area contributed by atoms with Gasteiger partial charge in [0, 0.05) is 20.1 Å². The molecule has 1 atom stereocenters. The summed E-state index contributed by atoms with van der Waals surface area (Å²) in [6.07, 6.45) is 5.59. The second-order valence-electron chi connectivity index (χ2n) is 8.87.